The highest BCUT2D eigenvalue weighted by Crippen LogP contribution is 2.22. The van der Waals surface area contributed by atoms with Crippen molar-refractivity contribution < 1.29 is 8.42 Å². The number of aryl methyl sites for hydroxylation is 2. The highest BCUT2D eigenvalue weighted by atomic mass is 79.9. The van der Waals surface area contributed by atoms with Gasteiger partial charge >= 0.3 is 0 Å². The van der Waals surface area contributed by atoms with Crippen LogP contribution in [-0.4, -0.2) is 24.7 Å². The van der Waals surface area contributed by atoms with Gasteiger partial charge < -0.3 is 0 Å². The van der Waals surface area contributed by atoms with Gasteiger partial charge in [0.2, 0.25) is 10.0 Å². The molecule has 2 rings (SSSR count). The summed E-state index contributed by atoms with van der Waals surface area (Å²) >= 11 is 3.29. The number of aromatic nitrogens is 2. The van der Waals surface area contributed by atoms with Crippen molar-refractivity contribution >= 4 is 26.0 Å². The smallest absolute Gasteiger partial charge is 0.241 e. The number of sulfonamides is 1. The standard InChI is InChI=1S/C13H16BrN3O2S/c1-10-3-4-13(12(14)9-10)20(18,19)16-8-6-11-5-7-15-17(11)2/h3-5,7,9,16H,6,8H2,1-2H3. The summed E-state index contributed by atoms with van der Waals surface area (Å²) in [5, 5.41) is 4.05. The minimum absolute atomic E-state index is 0.258. The Bertz CT molecular complexity index is 710. The maximum Gasteiger partial charge on any atom is 0.241 e. The van der Waals surface area contributed by atoms with Gasteiger partial charge in [-0.1, -0.05) is 6.07 Å². The van der Waals surface area contributed by atoms with E-state index >= 15 is 0 Å². The second kappa shape index (κ2) is 6.07. The molecule has 20 heavy (non-hydrogen) atoms. The Morgan fingerprint density at radius 2 is 2.10 bits per heavy atom. The summed E-state index contributed by atoms with van der Waals surface area (Å²) in [7, 11) is -1.67. The first kappa shape index (κ1) is 15.2. The van der Waals surface area contributed by atoms with Gasteiger partial charge in [0.25, 0.3) is 0 Å². The molecule has 7 heteroatoms. The van der Waals surface area contributed by atoms with E-state index in [9.17, 15) is 8.42 Å². The van der Waals surface area contributed by atoms with E-state index in [0.717, 1.165) is 11.3 Å². The fourth-order valence-corrected chi connectivity index (χ4v) is 4.08. The van der Waals surface area contributed by atoms with E-state index in [0.29, 0.717) is 17.4 Å². The zero-order valence-corrected chi connectivity index (χ0v) is 13.7. The largest absolute Gasteiger partial charge is 0.273 e. The first-order valence-corrected chi connectivity index (χ1v) is 8.40. The molecule has 1 N–H and O–H groups in total. The molecule has 5 nitrogen and oxygen atoms in total. The molecule has 0 amide bonds. The van der Waals surface area contributed by atoms with Crippen LogP contribution in [0.15, 0.2) is 39.8 Å². The van der Waals surface area contributed by atoms with Crippen molar-refractivity contribution in [1.82, 2.24) is 14.5 Å². The minimum Gasteiger partial charge on any atom is -0.273 e. The average Bonchev–Trinajstić information content (AvgIpc) is 2.74. The van der Waals surface area contributed by atoms with Gasteiger partial charge in [-0.2, -0.15) is 5.10 Å². The number of hydrogen-bond acceptors (Lipinski definition) is 3. The molecule has 0 saturated heterocycles. The molecule has 0 unspecified atom stereocenters. The van der Waals surface area contributed by atoms with E-state index in [1.54, 1.807) is 29.1 Å². The zero-order valence-electron chi connectivity index (χ0n) is 11.3. The Kier molecular flexibility index (Phi) is 4.62. The number of benzene rings is 1. The number of rotatable bonds is 5. The second-order valence-electron chi connectivity index (χ2n) is 4.53. The van der Waals surface area contributed by atoms with Gasteiger partial charge in [0, 0.05) is 36.4 Å². The Hall–Kier alpha value is -1.18. The van der Waals surface area contributed by atoms with Crippen LogP contribution in [0.2, 0.25) is 0 Å². The fourth-order valence-electron chi connectivity index (χ4n) is 1.86. The molecule has 1 heterocycles. The second-order valence-corrected chi connectivity index (χ2v) is 7.12. The highest BCUT2D eigenvalue weighted by Gasteiger charge is 2.17. The number of hydrogen-bond donors (Lipinski definition) is 1. The van der Waals surface area contributed by atoms with Crippen LogP contribution in [0.1, 0.15) is 11.3 Å². The van der Waals surface area contributed by atoms with Gasteiger partial charge in [0.1, 0.15) is 0 Å². The fraction of sp³-hybridized carbons (Fsp3) is 0.308. The van der Waals surface area contributed by atoms with Crippen LogP contribution < -0.4 is 4.72 Å². The normalized spacial score (nSPS) is 11.8. The first-order valence-electron chi connectivity index (χ1n) is 6.13. The van der Waals surface area contributed by atoms with E-state index in [1.807, 2.05) is 20.0 Å². The SMILES string of the molecule is Cc1ccc(S(=O)(=O)NCCc2ccnn2C)c(Br)c1. The maximum absolute atomic E-state index is 12.2. The summed E-state index contributed by atoms with van der Waals surface area (Å²) in [5.74, 6) is 0. The summed E-state index contributed by atoms with van der Waals surface area (Å²) in [6.07, 6.45) is 2.29. The lowest BCUT2D eigenvalue weighted by atomic mass is 10.2. The lowest BCUT2D eigenvalue weighted by molar-refractivity contribution is 0.579. The van der Waals surface area contributed by atoms with Crippen LogP contribution in [-0.2, 0) is 23.5 Å². The van der Waals surface area contributed by atoms with Gasteiger partial charge in [-0.15, -0.1) is 0 Å². The zero-order chi connectivity index (χ0) is 14.8. The third-order valence-electron chi connectivity index (χ3n) is 2.97. The van der Waals surface area contributed by atoms with Crippen molar-refractivity contribution in [3.05, 3.63) is 46.2 Å². The number of nitrogens with zero attached hydrogens (tertiary/aromatic N) is 2. The molecule has 0 bridgehead atoms. The molecule has 0 atom stereocenters. The van der Waals surface area contributed by atoms with Crippen molar-refractivity contribution in [2.45, 2.75) is 18.2 Å². The topological polar surface area (TPSA) is 64.0 Å². The van der Waals surface area contributed by atoms with E-state index < -0.39 is 10.0 Å². The van der Waals surface area contributed by atoms with Gasteiger partial charge in [-0.05, 0) is 46.6 Å². The Morgan fingerprint density at radius 1 is 1.35 bits per heavy atom. The highest BCUT2D eigenvalue weighted by molar-refractivity contribution is 9.10. The van der Waals surface area contributed by atoms with Crippen molar-refractivity contribution in [3.8, 4) is 0 Å². The summed E-state index contributed by atoms with van der Waals surface area (Å²) in [4.78, 5) is 0.258. The van der Waals surface area contributed by atoms with E-state index in [-0.39, 0.29) is 4.90 Å². The summed E-state index contributed by atoms with van der Waals surface area (Å²) in [5.41, 5.74) is 1.99. The molecular formula is C13H16BrN3O2S. The average molecular weight is 358 g/mol. The molecular weight excluding hydrogens is 342 g/mol. The molecule has 1 aromatic carbocycles. The van der Waals surface area contributed by atoms with Crippen LogP contribution in [0, 0.1) is 6.92 Å². The first-order chi connectivity index (χ1) is 9.40. The van der Waals surface area contributed by atoms with Gasteiger partial charge in [0.15, 0.2) is 0 Å². The van der Waals surface area contributed by atoms with Crippen LogP contribution in [0.5, 0.6) is 0 Å². The molecule has 0 saturated carbocycles. The molecule has 0 radical (unpaired) electrons. The van der Waals surface area contributed by atoms with Crippen LogP contribution >= 0.6 is 15.9 Å². The monoisotopic (exact) mass is 357 g/mol. The number of halogens is 1. The van der Waals surface area contributed by atoms with Crippen LogP contribution in [0.25, 0.3) is 0 Å². The Morgan fingerprint density at radius 3 is 2.70 bits per heavy atom. The molecule has 0 fully saturated rings. The van der Waals surface area contributed by atoms with E-state index in [2.05, 4.69) is 25.8 Å². The molecule has 0 aliphatic carbocycles. The van der Waals surface area contributed by atoms with Crippen molar-refractivity contribution in [1.29, 1.82) is 0 Å². The molecule has 108 valence electrons. The Balaban J connectivity index is 2.06. The predicted octanol–water partition coefficient (Wildman–Crippen LogP) is 2.01. The molecule has 0 aliphatic rings. The molecule has 0 aliphatic heterocycles. The van der Waals surface area contributed by atoms with E-state index in [4.69, 9.17) is 0 Å². The van der Waals surface area contributed by atoms with Crippen LogP contribution in [0.3, 0.4) is 0 Å². The lowest BCUT2D eigenvalue weighted by Crippen LogP contribution is -2.26. The lowest BCUT2D eigenvalue weighted by Gasteiger charge is -2.09. The molecule has 1 aromatic heterocycles. The van der Waals surface area contributed by atoms with Gasteiger partial charge in [0.05, 0.1) is 4.90 Å². The minimum atomic E-state index is -3.50. The van der Waals surface area contributed by atoms with Crippen molar-refractivity contribution in [2.75, 3.05) is 6.54 Å². The summed E-state index contributed by atoms with van der Waals surface area (Å²) in [6.45, 7) is 2.25. The summed E-state index contributed by atoms with van der Waals surface area (Å²) < 4.78 is 29.3. The van der Waals surface area contributed by atoms with Crippen LogP contribution in [0.4, 0.5) is 0 Å². The maximum atomic E-state index is 12.2. The quantitative estimate of drug-likeness (QED) is 0.889. The molecule has 2 aromatic rings. The third kappa shape index (κ3) is 3.47. The summed E-state index contributed by atoms with van der Waals surface area (Å²) in [6, 6.07) is 7.04. The van der Waals surface area contributed by atoms with Gasteiger partial charge in [-0.3, -0.25) is 4.68 Å². The molecule has 0 spiro atoms. The Labute approximate surface area is 127 Å². The predicted molar refractivity (Wildman–Crippen MR) is 81.0 cm³/mol. The van der Waals surface area contributed by atoms with E-state index in [1.165, 1.54) is 0 Å². The third-order valence-corrected chi connectivity index (χ3v) is 5.41. The van der Waals surface area contributed by atoms with Crippen molar-refractivity contribution in [2.24, 2.45) is 7.05 Å². The van der Waals surface area contributed by atoms with Gasteiger partial charge in [-0.25, -0.2) is 13.1 Å². The van der Waals surface area contributed by atoms with Crippen molar-refractivity contribution in [3.63, 3.8) is 0 Å². The number of nitrogens with one attached hydrogen (secondary N) is 1.